The quantitative estimate of drug-likeness (QED) is 0.485. The average Bonchev–Trinajstić information content (AvgIpc) is 2.39. The first-order valence-electron chi connectivity index (χ1n) is 5.78. The van der Waals surface area contributed by atoms with Crippen molar-refractivity contribution in [2.45, 2.75) is 56.6 Å². The molecule has 1 aliphatic rings. The fraction of sp³-hybridized carbons (Fsp3) is 0.909. The van der Waals surface area contributed by atoms with Crippen LogP contribution in [0.3, 0.4) is 0 Å². The second-order valence-corrected chi connectivity index (χ2v) is 4.51. The molecule has 1 heterocycles. The van der Waals surface area contributed by atoms with Gasteiger partial charge in [0, 0.05) is 0 Å². The Labute approximate surface area is 105 Å². The smallest absolute Gasteiger partial charge is 0.188 e. The number of hydrogen-bond acceptors (Lipinski definition) is 7. The minimum absolute atomic E-state index is 0.360. The Morgan fingerprint density at radius 2 is 1.89 bits per heavy atom. The van der Waals surface area contributed by atoms with Crippen LogP contribution in [-0.2, 0) is 9.47 Å². The molecule has 18 heavy (non-hydrogen) atoms. The summed E-state index contributed by atoms with van der Waals surface area (Å²) in [6, 6.07) is 1.93. The monoisotopic (exact) mass is 261 g/mol. The van der Waals surface area contributed by atoms with Crippen molar-refractivity contribution in [2.24, 2.45) is 0 Å². The van der Waals surface area contributed by atoms with Crippen LogP contribution in [0.5, 0.6) is 0 Å². The first-order chi connectivity index (χ1) is 8.38. The first-order valence-corrected chi connectivity index (χ1v) is 5.78. The molecule has 1 aliphatic heterocycles. The second kappa shape index (κ2) is 5.93. The summed E-state index contributed by atoms with van der Waals surface area (Å²) in [5.74, 6) is 0. The minimum Gasteiger partial charge on any atom is -0.394 e. The summed E-state index contributed by atoms with van der Waals surface area (Å²) in [5.41, 5.74) is -1.17. The molecule has 0 aliphatic carbocycles. The third-order valence-corrected chi connectivity index (χ3v) is 3.14. The fourth-order valence-corrected chi connectivity index (χ4v) is 1.61. The highest BCUT2D eigenvalue weighted by molar-refractivity contribution is 4.99. The predicted octanol–water partition coefficient (Wildman–Crippen LogP) is -1.50. The molecule has 0 aromatic rings. The van der Waals surface area contributed by atoms with Crippen LogP contribution < -0.4 is 0 Å². The molecular weight excluding hydrogens is 242 g/mol. The van der Waals surface area contributed by atoms with Gasteiger partial charge in [0.25, 0.3) is 0 Å². The van der Waals surface area contributed by atoms with E-state index in [1.165, 1.54) is 6.92 Å². The lowest BCUT2D eigenvalue weighted by molar-refractivity contribution is -0.318. The molecule has 0 aromatic heterocycles. The number of aliphatic hydroxyl groups excluding tert-OH is 4. The molecule has 0 amide bonds. The zero-order valence-electron chi connectivity index (χ0n) is 10.4. The molecule has 0 saturated carbocycles. The van der Waals surface area contributed by atoms with Gasteiger partial charge in [-0.15, -0.1) is 0 Å². The maximum Gasteiger partial charge on any atom is 0.188 e. The Morgan fingerprint density at radius 3 is 2.33 bits per heavy atom. The molecule has 1 saturated heterocycles. The molecule has 0 radical (unpaired) electrons. The molecule has 7 heteroatoms. The maximum atomic E-state index is 9.72. The molecule has 6 atom stereocenters. The van der Waals surface area contributed by atoms with Gasteiger partial charge in [-0.3, -0.25) is 0 Å². The Morgan fingerprint density at radius 1 is 1.28 bits per heavy atom. The number of rotatable bonds is 4. The van der Waals surface area contributed by atoms with E-state index in [4.69, 9.17) is 19.8 Å². The molecule has 104 valence electrons. The van der Waals surface area contributed by atoms with Crippen molar-refractivity contribution < 1.29 is 29.9 Å². The van der Waals surface area contributed by atoms with Crippen LogP contribution in [0.4, 0.5) is 0 Å². The summed E-state index contributed by atoms with van der Waals surface area (Å²) in [5, 5.41) is 46.8. The van der Waals surface area contributed by atoms with Crippen molar-refractivity contribution in [3.8, 4) is 6.07 Å². The van der Waals surface area contributed by atoms with Gasteiger partial charge in [0.2, 0.25) is 0 Å². The maximum absolute atomic E-state index is 9.72. The van der Waals surface area contributed by atoms with Gasteiger partial charge in [-0.05, 0) is 13.3 Å². The highest BCUT2D eigenvalue weighted by Crippen LogP contribution is 2.26. The third-order valence-electron chi connectivity index (χ3n) is 3.14. The summed E-state index contributed by atoms with van der Waals surface area (Å²) < 4.78 is 10.5. The minimum atomic E-state index is -1.50. The van der Waals surface area contributed by atoms with Crippen molar-refractivity contribution in [3.63, 3.8) is 0 Å². The highest BCUT2D eigenvalue weighted by atomic mass is 16.7. The van der Waals surface area contributed by atoms with E-state index in [0.717, 1.165) is 0 Å². The van der Waals surface area contributed by atoms with Crippen LogP contribution in [0, 0.1) is 11.3 Å². The van der Waals surface area contributed by atoms with Crippen molar-refractivity contribution in [2.75, 3.05) is 6.61 Å². The number of nitrogens with zero attached hydrogens (tertiary/aromatic N) is 1. The number of aliphatic hydroxyl groups is 4. The van der Waals surface area contributed by atoms with Crippen molar-refractivity contribution >= 4 is 0 Å². The average molecular weight is 261 g/mol. The van der Waals surface area contributed by atoms with Gasteiger partial charge < -0.3 is 29.9 Å². The standard InChI is InChI=1S/C11H19NO6/c1-3-11(2,5-12)18-10-9(16)8(15)7(14)6(4-13)17-10/h6-10,13-16H,3-4H2,1-2H3/t6-,7-,8+,9-,10+,11?/m1/s1. The molecule has 0 bridgehead atoms. The lowest BCUT2D eigenvalue weighted by Crippen LogP contribution is -2.60. The van der Waals surface area contributed by atoms with Gasteiger partial charge in [-0.1, -0.05) is 6.92 Å². The Bertz CT molecular complexity index is 317. The van der Waals surface area contributed by atoms with Gasteiger partial charge in [0.1, 0.15) is 24.4 Å². The lowest BCUT2D eigenvalue weighted by atomic mass is 9.98. The van der Waals surface area contributed by atoms with Gasteiger partial charge in [-0.25, -0.2) is 0 Å². The van der Waals surface area contributed by atoms with Crippen LogP contribution >= 0.6 is 0 Å². The van der Waals surface area contributed by atoms with Gasteiger partial charge in [0.15, 0.2) is 11.9 Å². The SMILES string of the molecule is CCC(C)(C#N)O[C@@H]1O[C@H](CO)[C@@H](O)[C@H](O)[C@H]1O. The van der Waals surface area contributed by atoms with E-state index in [2.05, 4.69) is 0 Å². The summed E-state index contributed by atoms with van der Waals surface area (Å²) in [6.07, 6.45) is -6.36. The molecule has 0 aromatic carbocycles. The zero-order chi connectivity index (χ0) is 13.9. The Kier molecular flexibility index (Phi) is 5.04. The first kappa shape index (κ1) is 15.3. The molecule has 1 unspecified atom stereocenters. The summed E-state index contributed by atoms with van der Waals surface area (Å²) >= 11 is 0. The van der Waals surface area contributed by atoms with Crippen molar-refractivity contribution in [3.05, 3.63) is 0 Å². The molecule has 0 spiro atoms. The Hall–Kier alpha value is -0.750. The number of nitriles is 1. The topological polar surface area (TPSA) is 123 Å². The molecule has 1 rings (SSSR count). The number of ether oxygens (including phenoxy) is 2. The number of hydrogen-bond donors (Lipinski definition) is 4. The fourth-order valence-electron chi connectivity index (χ4n) is 1.61. The van der Waals surface area contributed by atoms with E-state index in [1.807, 2.05) is 6.07 Å². The van der Waals surface area contributed by atoms with Crippen LogP contribution in [-0.4, -0.2) is 63.3 Å². The molecule has 7 nitrogen and oxygen atoms in total. The van der Waals surface area contributed by atoms with Crippen molar-refractivity contribution in [1.29, 1.82) is 5.26 Å². The van der Waals surface area contributed by atoms with Crippen LogP contribution in [0.1, 0.15) is 20.3 Å². The summed E-state index contributed by atoms with van der Waals surface area (Å²) in [7, 11) is 0. The Balaban J connectivity index is 2.80. The van der Waals surface area contributed by atoms with Crippen molar-refractivity contribution in [1.82, 2.24) is 0 Å². The molecule has 4 N–H and O–H groups in total. The van der Waals surface area contributed by atoms with Gasteiger partial charge in [-0.2, -0.15) is 5.26 Å². The van der Waals surface area contributed by atoms with Gasteiger partial charge in [0.05, 0.1) is 12.7 Å². The third kappa shape index (κ3) is 2.98. The van der Waals surface area contributed by atoms with E-state index >= 15 is 0 Å². The van der Waals surface area contributed by atoms with Crippen LogP contribution in [0.25, 0.3) is 0 Å². The van der Waals surface area contributed by atoms with E-state index < -0.39 is 42.9 Å². The summed E-state index contributed by atoms with van der Waals surface area (Å²) in [6.45, 7) is 2.72. The zero-order valence-corrected chi connectivity index (χ0v) is 10.4. The normalized spacial score (nSPS) is 39.9. The molecular formula is C11H19NO6. The second-order valence-electron chi connectivity index (χ2n) is 4.51. The predicted molar refractivity (Wildman–Crippen MR) is 59.2 cm³/mol. The molecule has 1 fully saturated rings. The van der Waals surface area contributed by atoms with Crippen LogP contribution in [0.15, 0.2) is 0 Å². The largest absolute Gasteiger partial charge is 0.394 e. The van der Waals surface area contributed by atoms with E-state index in [9.17, 15) is 15.3 Å². The lowest BCUT2D eigenvalue weighted by Gasteiger charge is -2.41. The van der Waals surface area contributed by atoms with Crippen LogP contribution in [0.2, 0.25) is 0 Å². The summed E-state index contributed by atoms with van der Waals surface area (Å²) in [4.78, 5) is 0. The van der Waals surface area contributed by atoms with E-state index in [0.29, 0.717) is 6.42 Å². The van der Waals surface area contributed by atoms with E-state index in [1.54, 1.807) is 6.92 Å². The highest BCUT2D eigenvalue weighted by Gasteiger charge is 2.46. The van der Waals surface area contributed by atoms with Gasteiger partial charge >= 0.3 is 0 Å². The van der Waals surface area contributed by atoms with E-state index in [-0.39, 0.29) is 0 Å².